The van der Waals surface area contributed by atoms with Crippen molar-refractivity contribution in [3.8, 4) is 0 Å². The van der Waals surface area contributed by atoms with Crippen LogP contribution in [0.1, 0.15) is 22.9 Å². The summed E-state index contributed by atoms with van der Waals surface area (Å²) in [7, 11) is 0. The number of aryl methyl sites for hydroxylation is 1. The molecule has 0 radical (unpaired) electrons. The van der Waals surface area contributed by atoms with Crippen LogP contribution in [0.4, 0.5) is 10.5 Å². The van der Waals surface area contributed by atoms with Crippen molar-refractivity contribution in [2.24, 2.45) is 0 Å². The fraction of sp³-hybridized carbons (Fsp3) is 0.167. The number of nitrogens with one attached hydrogen (secondary N) is 2. The summed E-state index contributed by atoms with van der Waals surface area (Å²) in [6.07, 6.45) is 0.925. The molecule has 0 bridgehead atoms. The zero-order chi connectivity index (χ0) is 20.9. The van der Waals surface area contributed by atoms with Crippen molar-refractivity contribution in [2.75, 3.05) is 5.32 Å². The third-order valence-corrected chi connectivity index (χ3v) is 5.86. The Morgan fingerprint density at radius 1 is 1.03 bits per heavy atom. The molecule has 2 N–H and O–H groups in total. The summed E-state index contributed by atoms with van der Waals surface area (Å²) in [6.45, 7) is 2.76. The third kappa shape index (κ3) is 4.60. The first kappa shape index (κ1) is 19.9. The molecule has 0 aliphatic rings. The number of para-hydroxylation sites is 1. The van der Waals surface area contributed by atoms with Gasteiger partial charge in [-0.3, -0.25) is 4.79 Å². The molecular formula is C24H23N3O2S. The van der Waals surface area contributed by atoms with E-state index in [4.69, 9.17) is 0 Å². The fourth-order valence-electron chi connectivity index (χ4n) is 3.36. The molecule has 2 heterocycles. The maximum atomic E-state index is 13.0. The first-order valence-electron chi connectivity index (χ1n) is 9.90. The molecule has 0 aliphatic carbocycles. The lowest BCUT2D eigenvalue weighted by molar-refractivity contribution is 0.207. The number of anilines is 1. The van der Waals surface area contributed by atoms with Gasteiger partial charge in [0.25, 0.3) is 5.56 Å². The molecule has 0 saturated heterocycles. The Hall–Kier alpha value is -3.38. The lowest BCUT2D eigenvalue weighted by Gasteiger charge is -2.22. The Labute approximate surface area is 179 Å². The van der Waals surface area contributed by atoms with Crippen LogP contribution in [-0.4, -0.2) is 15.9 Å². The molecule has 2 amide bonds. The Morgan fingerprint density at radius 2 is 1.87 bits per heavy atom. The molecule has 0 saturated carbocycles. The second kappa shape index (κ2) is 8.97. The van der Waals surface area contributed by atoms with E-state index in [9.17, 15) is 9.59 Å². The average Bonchev–Trinajstić information content (AvgIpc) is 3.27. The molecule has 0 atom stereocenters. The maximum Gasteiger partial charge on any atom is 0.322 e. The molecule has 0 spiro atoms. The van der Waals surface area contributed by atoms with E-state index < -0.39 is 0 Å². The van der Waals surface area contributed by atoms with Gasteiger partial charge >= 0.3 is 6.03 Å². The summed E-state index contributed by atoms with van der Waals surface area (Å²) in [4.78, 5) is 31.4. The van der Waals surface area contributed by atoms with Crippen molar-refractivity contribution in [3.05, 3.63) is 98.5 Å². The minimum absolute atomic E-state index is 0.171. The van der Waals surface area contributed by atoms with Gasteiger partial charge in [-0.05, 0) is 59.1 Å². The van der Waals surface area contributed by atoms with Crippen LogP contribution in [0.2, 0.25) is 0 Å². The van der Waals surface area contributed by atoms with Crippen molar-refractivity contribution in [1.29, 1.82) is 0 Å². The topological polar surface area (TPSA) is 65.2 Å². The van der Waals surface area contributed by atoms with Gasteiger partial charge in [-0.2, -0.15) is 0 Å². The first-order chi connectivity index (χ1) is 14.6. The molecule has 6 heteroatoms. The van der Waals surface area contributed by atoms with E-state index in [1.54, 1.807) is 16.2 Å². The molecule has 0 aliphatic heterocycles. The highest BCUT2D eigenvalue weighted by atomic mass is 32.1. The molecule has 4 rings (SSSR count). The number of hydrogen-bond donors (Lipinski definition) is 2. The number of aromatic nitrogens is 1. The number of urea groups is 1. The monoisotopic (exact) mass is 417 g/mol. The van der Waals surface area contributed by atoms with Gasteiger partial charge in [0.15, 0.2) is 0 Å². The van der Waals surface area contributed by atoms with Crippen LogP contribution < -0.4 is 10.9 Å². The highest BCUT2D eigenvalue weighted by Gasteiger charge is 2.17. The number of benzene rings is 2. The smallest absolute Gasteiger partial charge is 0.322 e. The van der Waals surface area contributed by atoms with Gasteiger partial charge in [-0.25, -0.2) is 4.79 Å². The van der Waals surface area contributed by atoms with Crippen molar-refractivity contribution < 1.29 is 4.79 Å². The van der Waals surface area contributed by atoms with Gasteiger partial charge in [-0.15, -0.1) is 11.3 Å². The van der Waals surface area contributed by atoms with E-state index >= 15 is 0 Å². The van der Waals surface area contributed by atoms with Gasteiger partial charge in [0.05, 0.1) is 13.1 Å². The minimum atomic E-state index is -0.239. The van der Waals surface area contributed by atoms with Crippen LogP contribution in [0.15, 0.2) is 76.9 Å². The Kier molecular flexibility index (Phi) is 5.95. The van der Waals surface area contributed by atoms with Crippen molar-refractivity contribution in [3.63, 3.8) is 0 Å². The van der Waals surface area contributed by atoms with Gasteiger partial charge in [0.2, 0.25) is 0 Å². The summed E-state index contributed by atoms with van der Waals surface area (Å²) >= 11 is 1.59. The number of aromatic amines is 1. The third-order valence-electron chi connectivity index (χ3n) is 4.99. The van der Waals surface area contributed by atoms with Gasteiger partial charge in [-0.1, -0.05) is 37.3 Å². The van der Waals surface area contributed by atoms with Crippen molar-refractivity contribution in [2.45, 2.75) is 26.4 Å². The Bertz CT molecular complexity index is 1200. The number of hydrogen-bond acceptors (Lipinski definition) is 3. The zero-order valence-electron chi connectivity index (χ0n) is 16.7. The van der Waals surface area contributed by atoms with Gasteiger partial charge < -0.3 is 15.2 Å². The standard InChI is InChI=1S/C24H23N3O2S/c1-2-17-10-11-22-18(13-17)14-19(23(28)26-22)15-27(16-21-9-6-12-30-21)24(29)25-20-7-4-3-5-8-20/h3-14H,2,15-16H2,1H3,(H,25,29)(H,26,28). The molecule has 4 aromatic rings. The number of fused-ring (bicyclic) bond motifs is 1. The van der Waals surface area contributed by atoms with E-state index in [2.05, 4.69) is 23.3 Å². The van der Waals surface area contributed by atoms with Crippen LogP contribution in [0, 0.1) is 0 Å². The Balaban J connectivity index is 1.64. The average molecular weight is 418 g/mol. The SMILES string of the molecule is CCc1ccc2[nH]c(=O)c(CN(Cc3cccs3)C(=O)Nc3ccccc3)cc2c1. The highest BCUT2D eigenvalue weighted by Crippen LogP contribution is 2.18. The first-order valence-corrected chi connectivity index (χ1v) is 10.8. The van der Waals surface area contributed by atoms with Crippen molar-refractivity contribution in [1.82, 2.24) is 9.88 Å². The maximum absolute atomic E-state index is 13.0. The number of thiophene rings is 1. The quantitative estimate of drug-likeness (QED) is 0.442. The summed E-state index contributed by atoms with van der Waals surface area (Å²) < 4.78 is 0. The van der Waals surface area contributed by atoms with E-state index in [0.29, 0.717) is 12.1 Å². The summed E-state index contributed by atoms with van der Waals surface area (Å²) in [5.41, 5.74) is 3.13. The predicted octanol–water partition coefficient (Wildman–Crippen LogP) is 5.39. The molecule has 152 valence electrons. The lowest BCUT2D eigenvalue weighted by Crippen LogP contribution is -2.35. The Morgan fingerprint density at radius 3 is 2.60 bits per heavy atom. The molecule has 5 nitrogen and oxygen atoms in total. The molecule has 2 aromatic heterocycles. The number of rotatable bonds is 6. The minimum Gasteiger partial charge on any atom is -0.322 e. The molecular weight excluding hydrogens is 394 g/mol. The number of H-pyrrole nitrogens is 1. The highest BCUT2D eigenvalue weighted by molar-refractivity contribution is 7.09. The second-order valence-electron chi connectivity index (χ2n) is 7.13. The summed E-state index contributed by atoms with van der Waals surface area (Å²) in [5, 5.41) is 5.89. The van der Waals surface area contributed by atoms with Crippen LogP contribution in [-0.2, 0) is 19.5 Å². The number of amides is 2. The van der Waals surface area contributed by atoms with E-state index in [-0.39, 0.29) is 18.1 Å². The van der Waals surface area contributed by atoms with E-state index in [1.807, 2.05) is 66.0 Å². The fourth-order valence-corrected chi connectivity index (χ4v) is 4.08. The number of pyridine rings is 1. The number of carbonyl (C=O) groups is 1. The van der Waals surface area contributed by atoms with Gasteiger partial charge in [0, 0.05) is 21.6 Å². The number of nitrogens with zero attached hydrogens (tertiary/aromatic N) is 1. The van der Waals surface area contributed by atoms with E-state index in [0.717, 1.165) is 27.9 Å². The number of carbonyl (C=O) groups excluding carboxylic acids is 1. The molecule has 0 fully saturated rings. The lowest BCUT2D eigenvalue weighted by atomic mass is 10.1. The van der Waals surface area contributed by atoms with Crippen LogP contribution in [0.25, 0.3) is 10.9 Å². The van der Waals surface area contributed by atoms with Gasteiger partial charge in [0.1, 0.15) is 0 Å². The summed E-state index contributed by atoms with van der Waals surface area (Å²) in [6, 6.07) is 21.0. The normalized spacial score (nSPS) is 10.8. The zero-order valence-corrected chi connectivity index (χ0v) is 17.5. The molecule has 2 aromatic carbocycles. The second-order valence-corrected chi connectivity index (χ2v) is 8.16. The van der Waals surface area contributed by atoms with Crippen LogP contribution in [0.5, 0.6) is 0 Å². The predicted molar refractivity (Wildman–Crippen MR) is 123 cm³/mol. The molecule has 30 heavy (non-hydrogen) atoms. The van der Waals surface area contributed by atoms with Crippen molar-refractivity contribution >= 4 is 34.0 Å². The van der Waals surface area contributed by atoms with Crippen LogP contribution >= 0.6 is 11.3 Å². The summed E-state index contributed by atoms with van der Waals surface area (Å²) in [5.74, 6) is 0. The molecule has 0 unspecified atom stereocenters. The van der Waals surface area contributed by atoms with Crippen LogP contribution in [0.3, 0.4) is 0 Å². The van der Waals surface area contributed by atoms with E-state index in [1.165, 1.54) is 5.56 Å². The largest absolute Gasteiger partial charge is 0.322 e.